The summed E-state index contributed by atoms with van der Waals surface area (Å²) in [6.07, 6.45) is 4.22. The van der Waals surface area contributed by atoms with E-state index in [4.69, 9.17) is 5.73 Å². The molecule has 1 saturated heterocycles. The minimum absolute atomic E-state index is 0.750. The van der Waals surface area contributed by atoms with Crippen LogP contribution in [0, 0.1) is 0 Å². The lowest BCUT2D eigenvalue weighted by Crippen LogP contribution is -2.21. The maximum atomic E-state index is 4.85. The molecule has 3 N–H and O–H groups in total. The van der Waals surface area contributed by atoms with Crippen LogP contribution in [-0.2, 0) is 0 Å². The molecule has 0 bridgehead atoms. The van der Waals surface area contributed by atoms with E-state index in [0.717, 1.165) is 6.54 Å². The molecule has 0 aromatic carbocycles. The van der Waals surface area contributed by atoms with Gasteiger partial charge in [0.15, 0.2) is 0 Å². The zero-order valence-corrected chi connectivity index (χ0v) is 11.9. The molecule has 3 heteroatoms. The Bertz CT molecular complexity index is 82.3. The number of nitrogens with two attached hydrogens (primary N) is 1. The number of nitrogens with zero attached hydrogens (tertiary/aromatic N) is 1. The molecular weight excluding hydrogens is 198 g/mol. The number of rotatable bonds is 3. The topological polar surface area (TPSA) is 41.3 Å². The van der Waals surface area contributed by atoms with E-state index in [9.17, 15) is 0 Å². The van der Waals surface area contributed by atoms with Crippen LogP contribution < -0.4 is 11.1 Å². The van der Waals surface area contributed by atoms with Gasteiger partial charge in [0.2, 0.25) is 0 Å². The van der Waals surface area contributed by atoms with Crippen LogP contribution in [0.1, 0.15) is 47.0 Å². The van der Waals surface area contributed by atoms with Crippen LogP contribution >= 0.6 is 0 Å². The summed E-state index contributed by atoms with van der Waals surface area (Å²) in [5.74, 6) is 0. The average molecular weight is 231 g/mol. The van der Waals surface area contributed by atoms with Crippen molar-refractivity contribution in [1.82, 2.24) is 10.2 Å². The van der Waals surface area contributed by atoms with Gasteiger partial charge < -0.3 is 16.0 Å². The summed E-state index contributed by atoms with van der Waals surface area (Å²) in [6, 6.07) is 0. The molecule has 1 fully saturated rings. The van der Waals surface area contributed by atoms with E-state index in [1.165, 1.54) is 52.0 Å². The van der Waals surface area contributed by atoms with E-state index in [1.807, 2.05) is 6.92 Å². The van der Waals surface area contributed by atoms with Crippen molar-refractivity contribution in [2.45, 2.75) is 47.0 Å². The van der Waals surface area contributed by atoms with Crippen molar-refractivity contribution in [3.63, 3.8) is 0 Å². The fraction of sp³-hybridized carbons (Fsp3) is 1.00. The van der Waals surface area contributed by atoms with Gasteiger partial charge in [-0.25, -0.2) is 0 Å². The fourth-order valence-electron chi connectivity index (χ4n) is 1.47. The number of nitrogens with one attached hydrogen (secondary N) is 1. The zero-order chi connectivity index (χ0) is 12.6. The van der Waals surface area contributed by atoms with Crippen LogP contribution in [0.15, 0.2) is 0 Å². The minimum atomic E-state index is 0.750. The smallest absolute Gasteiger partial charge is 0.00474 e. The predicted molar refractivity (Wildman–Crippen MR) is 74.9 cm³/mol. The fourth-order valence-corrected chi connectivity index (χ4v) is 1.47. The van der Waals surface area contributed by atoms with E-state index in [0.29, 0.717) is 0 Å². The van der Waals surface area contributed by atoms with Crippen molar-refractivity contribution < 1.29 is 0 Å². The van der Waals surface area contributed by atoms with Gasteiger partial charge in [-0.2, -0.15) is 0 Å². The van der Waals surface area contributed by atoms with Gasteiger partial charge in [0.1, 0.15) is 0 Å². The van der Waals surface area contributed by atoms with Crippen molar-refractivity contribution in [3.05, 3.63) is 0 Å². The Morgan fingerprint density at radius 3 is 1.31 bits per heavy atom. The van der Waals surface area contributed by atoms with Crippen molar-refractivity contribution in [3.8, 4) is 0 Å². The van der Waals surface area contributed by atoms with Gasteiger partial charge in [0.05, 0.1) is 0 Å². The summed E-state index contributed by atoms with van der Waals surface area (Å²) >= 11 is 0. The third kappa shape index (κ3) is 16.3. The van der Waals surface area contributed by atoms with Gasteiger partial charge in [-0.05, 0) is 52.1 Å². The molecule has 1 heterocycles. The highest BCUT2D eigenvalue weighted by molar-refractivity contribution is 4.55. The monoisotopic (exact) mass is 231 g/mol. The molecule has 1 aliphatic heterocycles. The SMILES string of the molecule is C1CCNCC1.CCN.CCN(CC)CC. The number of piperidine rings is 1. The minimum Gasteiger partial charge on any atom is -0.331 e. The Morgan fingerprint density at radius 2 is 1.25 bits per heavy atom. The van der Waals surface area contributed by atoms with Crippen LogP contribution in [0.3, 0.4) is 0 Å². The molecular formula is C13H33N3. The molecule has 3 nitrogen and oxygen atoms in total. The van der Waals surface area contributed by atoms with Gasteiger partial charge in [-0.15, -0.1) is 0 Å². The highest BCUT2D eigenvalue weighted by atomic mass is 15.1. The lowest BCUT2D eigenvalue weighted by atomic mass is 10.2. The third-order valence-corrected chi connectivity index (χ3v) is 2.55. The quantitative estimate of drug-likeness (QED) is 0.781. The van der Waals surface area contributed by atoms with Crippen molar-refractivity contribution >= 4 is 0 Å². The molecule has 0 saturated carbocycles. The predicted octanol–water partition coefficient (Wildman–Crippen LogP) is 2.07. The van der Waals surface area contributed by atoms with Crippen molar-refractivity contribution in [2.24, 2.45) is 5.73 Å². The van der Waals surface area contributed by atoms with Gasteiger partial charge in [0, 0.05) is 0 Å². The molecule has 16 heavy (non-hydrogen) atoms. The summed E-state index contributed by atoms with van der Waals surface area (Å²) in [7, 11) is 0. The zero-order valence-electron chi connectivity index (χ0n) is 11.9. The van der Waals surface area contributed by atoms with Gasteiger partial charge in [-0.3, -0.25) is 0 Å². The van der Waals surface area contributed by atoms with Crippen LogP contribution in [-0.4, -0.2) is 44.2 Å². The molecule has 0 spiro atoms. The number of hydrogen-bond acceptors (Lipinski definition) is 3. The largest absolute Gasteiger partial charge is 0.331 e. The van der Waals surface area contributed by atoms with Gasteiger partial charge >= 0.3 is 0 Å². The average Bonchev–Trinajstić information content (AvgIpc) is 2.35. The molecule has 0 atom stereocenters. The Balaban J connectivity index is 0. The molecule has 0 unspecified atom stereocenters. The van der Waals surface area contributed by atoms with Crippen LogP contribution in [0.25, 0.3) is 0 Å². The first-order valence-electron chi connectivity index (χ1n) is 6.89. The standard InChI is InChI=1S/C6H15N.C5H11N.C2H7N/c1-4-7(5-2)6-3;1-2-4-6-5-3-1;1-2-3/h4-6H2,1-3H3;6H,1-5H2;2-3H2,1H3. The molecule has 0 aromatic heterocycles. The molecule has 0 amide bonds. The molecule has 0 aromatic rings. The summed E-state index contributed by atoms with van der Waals surface area (Å²) < 4.78 is 0. The van der Waals surface area contributed by atoms with Gasteiger partial charge in [0.25, 0.3) is 0 Å². The summed E-state index contributed by atoms with van der Waals surface area (Å²) in [5, 5.41) is 3.28. The third-order valence-electron chi connectivity index (χ3n) is 2.55. The van der Waals surface area contributed by atoms with Crippen LogP contribution in [0.4, 0.5) is 0 Å². The van der Waals surface area contributed by atoms with E-state index in [-0.39, 0.29) is 0 Å². The Morgan fingerprint density at radius 1 is 0.875 bits per heavy atom. The summed E-state index contributed by atoms with van der Waals surface area (Å²) in [5.41, 5.74) is 4.85. The maximum absolute atomic E-state index is 4.85. The molecule has 100 valence electrons. The Kier molecular flexibility index (Phi) is 19.7. The van der Waals surface area contributed by atoms with Crippen molar-refractivity contribution in [2.75, 3.05) is 39.3 Å². The van der Waals surface area contributed by atoms with Crippen molar-refractivity contribution in [1.29, 1.82) is 0 Å². The molecule has 1 aliphatic rings. The first kappa shape index (κ1) is 18.3. The molecule has 0 aliphatic carbocycles. The Labute approximate surface area is 103 Å². The van der Waals surface area contributed by atoms with E-state index in [2.05, 4.69) is 31.0 Å². The van der Waals surface area contributed by atoms with Crippen LogP contribution in [0.2, 0.25) is 0 Å². The normalized spacial score (nSPS) is 14.6. The maximum Gasteiger partial charge on any atom is -0.00474 e. The second kappa shape index (κ2) is 17.3. The lowest BCUT2D eigenvalue weighted by Gasteiger charge is -2.13. The van der Waals surface area contributed by atoms with Crippen LogP contribution in [0.5, 0.6) is 0 Å². The van der Waals surface area contributed by atoms with Gasteiger partial charge in [-0.1, -0.05) is 34.1 Å². The van der Waals surface area contributed by atoms with E-state index in [1.54, 1.807) is 0 Å². The second-order valence-corrected chi connectivity index (χ2v) is 3.84. The summed E-state index contributed by atoms with van der Waals surface area (Å²) in [4.78, 5) is 2.38. The Hall–Kier alpha value is -0.120. The molecule has 1 rings (SSSR count). The summed E-state index contributed by atoms with van der Waals surface area (Å²) in [6.45, 7) is 15.3. The van der Waals surface area contributed by atoms with E-state index >= 15 is 0 Å². The second-order valence-electron chi connectivity index (χ2n) is 3.84. The highest BCUT2D eigenvalue weighted by Crippen LogP contribution is 1.96. The highest BCUT2D eigenvalue weighted by Gasteiger charge is 1.93. The first-order valence-corrected chi connectivity index (χ1v) is 6.89. The first-order chi connectivity index (χ1) is 7.76. The van der Waals surface area contributed by atoms with E-state index < -0.39 is 0 Å². The molecule has 0 radical (unpaired) electrons. The lowest BCUT2D eigenvalue weighted by molar-refractivity contribution is 0.321. The number of hydrogen-bond donors (Lipinski definition) is 2.